The number of nitrogens with one attached hydrogen (secondary N) is 2. The SMILES string of the molecule is O=C(O)NC[C@@H]1CNCCO1. The van der Waals surface area contributed by atoms with E-state index in [1.807, 2.05) is 0 Å². The van der Waals surface area contributed by atoms with Gasteiger partial charge >= 0.3 is 6.09 Å². The van der Waals surface area contributed by atoms with Crippen LogP contribution in [-0.4, -0.2) is 43.5 Å². The van der Waals surface area contributed by atoms with Crippen LogP contribution < -0.4 is 10.6 Å². The lowest BCUT2D eigenvalue weighted by Gasteiger charge is -2.23. The quantitative estimate of drug-likeness (QED) is 0.496. The van der Waals surface area contributed by atoms with E-state index in [0.717, 1.165) is 13.1 Å². The minimum Gasteiger partial charge on any atom is -0.465 e. The second-order valence-electron chi connectivity index (χ2n) is 2.38. The Morgan fingerprint density at radius 3 is 3.18 bits per heavy atom. The van der Waals surface area contributed by atoms with Crippen LogP contribution in [0.2, 0.25) is 0 Å². The largest absolute Gasteiger partial charge is 0.465 e. The molecule has 3 N–H and O–H groups in total. The van der Waals surface area contributed by atoms with Crippen LogP contribution in [0, 0.1) is 0 Å². The Labute approximate surface area is 64.7 Å². The van der Waals surface area contributed by atoms with Crippen LogP contribution >= 0.6 is 0 Å². The van der Waals surface area contributed by atoms with Gasteiger partial charge in [-0.05, 0) is 0 Å². The highest BCUT2D eigenvalue weighted by Crippen LogP contribution is 1.93. The lowest BCUT2D eigenvalue weighted by molar-refractivity contribution is 0.0295. The van der Waals surface area contributed by atoms with Gasteiger partial charge in [0.05, 0.1) is 12.7 Å². The third-order valence-corrected chi connectivity index (χ3v) is 1.49. The van der Waals surface area contributed by atoms with Crippen molar-refractivity contribution in [2.45, 2.75) is 6.10 Å². The number of hydrogen-bond donors (Lipinski definition) is 3. The van der Waals surface area contributed by atoms with E-state index in [-0.39, 0.29) is 6.10 Å². The molecule has 1 saturated heterocycles. The molecule has 0 radical (unpaired) electrons. The molecule has 1 aliphatic rings. The van der Waals surface area contributed by atoms with Crippen molar-refractivity contribution in [2.75, 3.05) is 26.2 Å². The minimum atomic E-state index is -1.00. The zero-order valence-corrected chi connectivity index (χ0v) is 6.17. The Hall–Kier alpha value is -0.810. The normalized spacial score (nSPS) is 24.5. The molecule has 0 spiro atoms. The average Bonchev–Trinajstić information content (AvgIpc) is 2.03. The summed E-state index contributed by atoms with van der Waals surface area (Å²) >= 11 is 0. The van der Waals surface area contributed by atoms with Gasteiger partial charge in [-0.2, -0.15) is 0 Å². The predicted molar refractivity (Wildman–Crippen MR) is 38.6 cm³/mol. The van der Waals surface area contributed by atoms with Crippen LogP contribution in [0.3, 0.4) is 0 Å². The molecule has 0 aliphatic carbocycles. The summed E-state index contributed by atoms with van der Waals surface area (Å²) in [4.78, 5) is 10.1. The summed E-state index contributed by atoms with van der Waals surface area (Å²) in [5.74, 6) is 0. The molecule has 1 rings (SSSR count). The average molecular weight is 160 g/mol. The Bertz CT molecular complexity index is 134. The number of amides is 1. The van der Waals surface area contributed by atoms with Crippen LogP contribution in [0.25, 0.3) is 0 Å². The van der Waals surface area contributed by atoms with E-state index in [0.29, 0.717) is 13.2 Å². The highest BCUT2D eigenvalue weighted by Gasteiger charge is 2.13. The van der Waals surface area contributed by atoms with E-state index in [1.54, 1.807) is 0 Å². The summed E-state index contributed by atoms with van der Waals surface area (Å²) in [6.07, 6.45) is -1.01. The molecular formula is C6H12N2O3. The van der Waals surface area contributed by atoms with E-state index < -0.39 is 6.09 Å². The number of carbonyl (C=O) groups is 1. The van der Waals surface area contributed by atoms with Crippen LogP contribution in [0.15, 0.2) is 0 Å². The van der Waals surface area contributed by atoms with Gasteiger partial charge in [0, 0.05) is 19.6 Å². The zero-order valence-electron chi connectivity index (χ0n) is 6.17. The lowest BCUT2D eigenvalue weighted by atomic mass is 10.3. The van der Waals surface area contributed by atoms with Gasteiger partial charge in [0.15, 0.2) is 0 Å². The molecule has 1 amide bonds. The molecule has 1 fully saturated rings. The summed E-state index contributed by atoms with van der Waals surface area (Å²) in [5.41, 5.74) is 0. The van der Waals surface area contributed by atoms with E-state index in [1.165, 1.54) is 0 Å². The Kier molecular flexibility index (Phi) is 3.13. The van der Waals surface area contributed by atoms with Crippen LogP contribution in [0.4, 0.5) is 4.79 Å². The monoisotopic (exact) mass is 160 g/mol. The second-order valence-corrected chi connectivity index (χ2v) is 2.38. The summed E-state index contributed by atoms with van der Waals surface area (Å²) in [6.45, 7) is 2.60. The molecule has 5 heteroatoms. The van der Waals surface area contributed by atoms with Crippen molar-refractivity contribution in [1.29, 1.82) is 0 Å². The molecule has 1 atom stereocenters. The van der Waals surface area contributed by atoms with Gasteiger partial charge in [-0.1, -0.05) is 0 Å². The number of hydrogen-bond acceptors (Lipinski definition) is 3. The van der Waals surface area contributed by atoms with E-state index in [4.69, 9.17) is 9.84 Å². The molecule has 64 valence electrons. The maximum Gasteiger partial charge on any atom is 0.404 e. The van der Waals surface area contributed by atoms with Crippen molar-refractivity contribution in [3.63, 3.8) is 0 Å². The topological polar surface area (TPSA) is 70.6 Å². The third kappa shape index (κ3) is 3.20. The van der Waals surface area contributed by atoms with E-state index in [2.05, 4.69) is 10.6 Å². The first-order valence-corrected chi connectivity index (χ1v) is 3.58. The van der Waals surface area contributed by atoms with Crippen molar-refractivity contribution < 1.29 is 14.6 Å². The molecule has 0 unspecified atom stereocenters. The first kappa shape index (κ1) is 8.29. The number of ether oxygens (including phenoxy) is 1. The Morgan fingerprint density at radius 2 is 2.64 bits per heavy atom. The fourth-order valence-electron chi connectivity index (χ4n) is 0.952. The summed E-state index contributed by atoms with van der Waals surface area (Å²) in [6, 6.07) is 0. The lowest BCUT2D eigenvalue weighted by Crippen LogP contribution is -2.44. The highest BCUT2D eigenvalue weighted by molar-refractivity contribution is 5.64. The van der Waals surface area contributed by atoms with Gasteiger partial charge in [0.25, 0.3) is 0 Å². The Balaban J connectivity index is 2.09. The Morgan fingerprint density at radius 1 is 1.82 bits per heavy atom. The molecule has 1 aliphatic heterocycles. The van der Waals surface area contributed by atoms with Gasteiger partial charge in [0.2, 0.25) is 0 Å². The molecule has 11 heavy (non-hydrogen) atoms. The molecular weight excluding hydrogens is 148 g/mol. The summed E-state index contributed by atoms with van der Waals surface area (Å²) in [7, 11) is 0. The molecule has 0 aromatic heterocycles. The van der Waals surface area contributed by atoms with Crippen molar-refractivity contribution >= 4 is 6.09 Å². The van der Waals surface area contributed by atoms with E-state index >= 15 is 0 Å². The van der Waals surface area contributed by atoms with Crippen LogP contribution in [0.1, 0.15) is 0 Å². The minimum absolute atomic E-state index is 0.0140. The standard InChI is InChI=1S/C6H12N2O3/c9-6(10)8-4-5-3-7-1-2-11-5/h5,7-8H,1-4H2,(H,9,10)/t5-/m0/s1. The first-order chi connectivity index (χ1) is 5.29. The highest BCUT2D eigenvalue weighted by atomic mass is 16.5. The summed E-state index contributed by atoms with van der Waals surface area (Å²) < 4.78 is 5.24. The third-order valence-electron chi connectivity index (χ3n) is 1.49. The molecule has 0 aromatic carbocycles. The molecule has 0 aromatic rings. The maximum atomic E-state index is 10.1. The predicted octanol–water partition coefficient (Wildman–Crippen LogP) is -0.758. The van der Waals surface area contributed by atoms with Crippen molar-refractivity contribution in [3.05, 3.63) is 0 Å². The molecule has 0 bridgehead atoms. The van der Waals surface area contributed by atoms with Gasteiger partial charge in [-0.3, -0.25) is 0 Å². The van der Waals surface area contributed by atoms with Gasteiger partial charge in [-0.25, -0.2) is 4.79 Å². The van der Waals surface area contributed by atoms with Crippen molar-refractivity contribution in [2.24, 2.45) is 0 Å². The summed E-state index contributed by atoms with van der Waals surface area (Å²) in [5, 5.41) is 13.6. The fourth-order valence-corrected chi connectivity index (χ4v) is 0.952. The van der Waals surface area contributed by atoms with Gasteiger partial charge in [-0.15, -0.1) is 0 Å². The maximum absolute atomic E-state index is 10.1. The fraction of sp³-hybridized carbons (Fsp3) is 0.833. The van der Waals surface area contributed by atoms with E-state index in [9.17, 15) is 4.79 Å². The van der Waals surface area contributed by atoms with Crippen LogP contribution in [0.5, 0.6) is 0 Å². The number of carboxylic acid groups (broad SMARTS) is 1. The number of rotatable bonds is 2. The second kappa shape index (κ2) is 4.15. The smallest absolute Gasteiger partial charge is 0.404 e. The van der Waals surface area contributed by atoms with Crippen LogP contribution in [-0.2, 0) is 4.74 Å². The molecule has 0 saturated carbocycles. The van der Waals surface area contributed by atoms with Crippen molar-refractivity contribution in [3.8, 4) is 0 Å². The molecule has 1 heterocycles. The van der Waals surface area contributed by atoms with Crippen molar-refractivity contribution in [1.82, 2.24) is 10.6 Å². The first-order valence-electron chi connectivity index (χ1n) is 3.58. The van der Waals surface area contributed by atoms with Gasteiger partial charge in [0.1, 0.15) is 0 Å². The number of morpholine rings is 1. The van der Waals surface area contributed by atoms with Gasteiger partial charge < -0.3 is 20.5 Å². The zero-order chi connectivity index (χ0) is 8.10. The molecule has 5 nitrogen and oxygen atoms in total.